The molecule has 0 bridgehead atoms. The second kappa shape index (κ2) is 9.01. The quantitative estimate of drug-likeness (QED) is 0.448. The third kappa shape index (κ3) is 4.86. The molecule has 2 N–H and O–H groups in total. The number of benzene rings is 1. The molecule has 34 heavy (non-hydrogen) atoms. The summed E-state index contributed by atoms with van der Waals surface area (Å²) in [7, 11) is -0.613. The van der Waals surface area contributed by atoms with Gasteiger partial charge in [-0.1, -0.05) is 18.2 Å². The number of hydrogen-bond acceptors (Lipinski definition) is 8. The van der Waals surface area contributed by atoms with Gasteiger partial charge in [-0.3, -0.25) is 18.6 Å². The molecule has 0 radical (unpaired) electrons. The molecule has 4 aromatic rings. The summed E-state index contributed by atoms with van der Waals surface area (Å²) < 4.78 is 22.9. The molecule has 0 atom stereocenters. The van der Waals surface area contributed by atoms with E-state index in [9.17, 15) is 13.9 Å². The molecule has 0 spiro atoms. The van der Waals surface area contributed by atoms with Crippen molar-refractivity contribution in [1.82, 2.24) is 29.5 Å². The van der Waals surface area contributed by atoms with Crippen LogP contribution in [0.3, 0.4) is 0 Å². The summed E-state index contributed by atoms with van der Waals surface area (Å²) in [5, 5.41) is 8.66. The van der Waals surface area contributed by atoms with Crippen molar-refractivity contribution >= 4 is 16.3 Å². The van der Waals surface area contributed by atoms with Crippen molar-refractivity contribution in [2.75, 3.05) is 29.5 Å². The average Bonchev–Trinajstić information content (AvgIpc) is 3.27. The molecule has 1 saturated heterocycles. The van der Waals surface area contributed by atoms with Crippen LogP contribution in [0.1, 0.15) is 11.3 Å². The lowest BCUT2D eigenvalue weighted by Crippen LogP contribution is -2.38. The van der Waals surface area contributed by atoms with Crippen molar-refractivity contribution in [1.29, 1.82) is 0 Å². The zero-order chi connectivity index (χ0) is 23.7. The van der Waals surface area contributed by atoms with E-state index in [1.54, 1.807) is 34.2 Å². The molecule has 10 nitrogen and oxygen atoms in total. The molecule has 0 amide bonds. The predicted molar refractivity (Wildman–Crippen MR) is 132 cm³/mol. The van der Waals surface area contributed by atoms with E-state index >= 15 is 0 Å². The maximum absolute atomic E-state index is 12.4. The van der Waals surface area contributed by atoms with E-state index in [4.69, 9.17) is 0 Å². The standard InChI is InChI=1S/C23H25N7O3S/c1-28-16-20(15-26-28)30-6-5-22(31)21(27-30)12-17-3-2-4-18(11-17)23-24-13-19(14-25-23)29-7-9-34(32,33)10-8-29/h2-6,11,13-16,32-33H,7-10,12H2,1H3. The van der Waals surface area contributed by atoms with Crippen molar-refractivity contribution < 1.29 is 9.11 Å². The number of hydrogen-bond donors (Lipinski definition) is 2. The maximum Gasteiger partial charge on any atom is 0.203 e. The average molecular weight is 480 g/mol. The first-order valence-corrected chi connectivity index (χ1v) is 12.7. The first-order chi connectivity index (χ1) is 16.4. The van der Waals surface area contributed by atoms with Crippen LogP contribution in [0.5, 0.6) is 0 Å². The highest BCUT2D eigenvalue weighted by atomic mass is 32.3. The molecule has 11 heteroatoms. The van der Waals surface area contributed by atoms with Crippen LogP contribution >= 0.6 is 10.6 Å². The van der Waals surface area contributed by atoms with E-state index in [1.165, 1.54) is 6.07 Å². The van der Waals surface area contributed by atoms with Crippen molar-refractivity contribution in [3.8, 4) is 17.1 Å². The fourth-order valence-electron chi connectivity index (χ4n) is 3.87. The van der Waals surface area contributed by atoms with Crippen LogP contribution in [0, 0.1) is 0 Å². The summed E-state index contributed by atoms with van der Waals surface area (Å²) in [5.41, 5.74) is 3.74. The van der Waals surface area contributed by atoms with Gasteiger partial charge in [0.1, 0.15) is 11.4 Å². The Morgan fingerprint density at radius 1 is 1.03 bits per heavy atom. The third-order valence-corrected chi connectivity index (χ3v) is 7.44. The van der Waals surface area contributed by atoms with Crippen molar-refractivity contribution in [3.63, 3.8) is 0 Å². The summed E-state index contributed by atoms with van der Waals surface area (Å²) in [6, 6.07) is 9.28. The van der Waals surface area contributed by atoms with Crippen molar-refractivity contribution in [2.24, 2.45) is 7.05 Å². The molecule has 1 aliphatic heterocycles. The Morgan fingerprint density at radius 2 is 1.79 bits per heavy atom. The van der Waals surface area contributed by atoms with Crippen LogP contribution in [0.25, 0.3) is 17.1 Å². The first-order valence-electron chi connectivity index (χ1n) is 10.8. The van der Waals surface area contributed by atoms with Gasteiger partial charge in [0.05, 0.1) is 42.0 Å². The van der Waals surface area contributed by atoms with Crippen LogP contribution in [0.4, 0.5) is 5.69 Å². The first kappa shape index (κ1) is 22.3. The number of rotatable bonds is 5. The Labute approximate surface area is 197 Å². The van der Waals surface area contributed by atoms with Gasteiger partial charge in [0.25, 0.3) is 0 Å². The van der Waals surface area contributed by atoms with Crippen molar-refractivity contribution in [3.05, 3.63) is 82.8 Å². The lowest BCUT2D eigenvalue weighted by atomic mass is 10.1. The van der Waals surface area contributed by atoms with E-state index in [2.05, 4.69) is 25.1 Å². The summed E-state index contributed by atoms with van der Waals surface area (Å²) in [6.45, 7) is 1.14. The number of nitrogens with zero attached hydrogens (tertiary/aromatic N) is 7. The Balaban J connectivity index is 1.34. The van der Waals surface area contributed by atoms with E-state index < -0.39 is 10.6 Å². The highest BCUT2D eigenvalue weighted by Crippen LogP contribution is 2.41. The highest BCUT2D eigenvalue weighted by molar-refractivity contribution is 8.24. The zero-order valence-electron chi connectivity index (χ0n) is 18.7. The van der Waals surface area contributed by atoms with Gasteiger partial charge in [-0.15, -0.1) is 0 Å². The van der Waals surface area contributed by atoms with Crippen LogP contribution in [0.15, 0.2) is 66.1 Å². The third-order valence-electron chi connectivity index (χ3n) is 5.77. The lowest BCUT2D eigenvalue weighted by molar-refractivity contribution is 0.479. The second-order valence-electron chi connectivity index (χ2n) is 8.28. The molecule has 1 aliphatic rings. The van der Waals surface area contributed by atoms with Crippen LogP contribution in [0.2, 0.25) is 0 Å². The number of aryl methyl sites for hydroxylation is 1. The van der Waals surface area contributed by atoms with Crippen LogP contribution < -0.4 is 10.3 Å². The van der Waals surface area contributed by atoms with Gasteiger partial charge in [0, 0.05) is 44.4 Å². The lowest BCUT2D eigenvalue weighted by Gasteiger charge is -2.41. The van der Waals surface area contributed by atoms with E-state index in [0.717, 1.165) is 22.5 Å². The molecule has 1 aromatic carbocycles. The topological polar surface area (TPSA) is 122 Å². The van der Waals surface area contributed by atoms with Gasteiger partial charge in [0.15, 0.2) is 5.82 Å². The number of anilines is 1. The minimum Gasteiger partial charge on any atom is -0.366 e. The summed E-state index contributed by atoms with van der Waals surface area (Å²) in [5.74, 6) is 1.32. The Kier molecular flexibility index (Phi) is 5.90. The SMILES string of the molecule is Cn1cc(-n2ccc(=O)c(Cc3cccc(-c4ncc(N5CCS(O)(O)CC5)cn4)c3)n2)cn1. The molecule has 176 valence electrons. The fraction of sp³-hybridized carbons (Fsp3) is 0.261. The van der Waals surface area contributed by atoms with E-state index in [1.807, 2.05) is 37.5 Å². The van der Waals surface area contributed by atoms with Gasteiger partial charge < -0.3 is 4.90 Å². The van der Waals surface area contributed by atoms with Gasteiger partial charge in [-0.2, -0.15) is 20.8 Å². The maximum atomic E-state index is 12.4. The molecule has 0 saturated carbocycles. The smallest absolute Gasteiger partial charge is 0.203 e. The minimum atomic E-state index is -2.44. The molecular formula is C23H25N7O3S. The molecule has 0 unspecified atom stereocenters. The van der Waals surface area contributed by atoms with Crippen LogP contribution in [-0.2, 0) is 13.5 Å². The second-order valence-corrected chi connectivity index (χ2v) is 10.7. The van der Waals surface area contributed by atoms with E-state index in [-0.39, 0.29) is 5.43 Å². The van der Waals surface area contributed by atoms with Gasteiger partial charge in [0.2, 0.25) is 5.43 Å². The molecule has 5 rings (SSSR count). The Bertz CT molecular complexity index is 1360. The van der Waals surface area contributed by atoms with Gasteiger partial charge in [-0.05, 0) is 11.6 Å². The molecule has 4 heterocycles. The fourth-order valence-corrected chi connectivity index (χ4v) is 5.10. The van der Waals surface area contributed by atoms with Crippen LogP contribution in [-0.4, -0.2) is 63.2 Å². The Hall–Kier alpha value is -3.54. The minimum absolute atomic E-state index is 0.121. The van der Waals surface area contributed by atoms with Gasteiger partial charge in [-0.25, -0.2) is 14.6 Å². The van der Waals surface area contributed by atoms with Gasteiger partial charge >= 0.3 is 0 Å². The molecule has 1 fully saturated rings. The molecular weight excluding hydrogens is 454 g/mol. The zero-order valence-corrected chi connectivity index (χ0v) is 19.5. The normalized spacial score (nSPS) is 16.4. The number of aromatic nitrogens is 6. The largest absolute Gasteiger partial charge is 0.366 e. The summed E-state index contributed by atoms with van der Waals surface area (Å²) in [4.78, 5) is 23.5. The summed E-state index contributed by atoms with van der Waals surface area (Å²) in [6.07, 6.45) is 9.07. The summed E-state index contributed by atoms with van der Waals surface area (Å²) >= 11 is 0. The van der Waals surface area contributed by atoms with Crippen molar-refractivity contribution in [2.45, 2.75) is 6.42 Å². The Morgan fingerprint density at radius 3 is 2.50 bits per heavy atom. The molecule has 0 aliphatic carbocycles. The van der Waals surface area contributed by atoms with E-state index in [0.29, 0.717) is 42.5 Å². The highest BCUT2D eigenvalue weighted by Gasteiger charge is 2.22. The monoisotopic (exact) mass is 479 g/mol. The molecule has 3 aromatic heterocycles. The predicted octanol–water partition coefficient (Wildman–Crippen LogP) is 2.58.